The predicted octanol–water partition coefficient (Wildman–Crippen LogP) is 1.40. The Balaban J connectivity index is 2.15. The van der Waals surface area contributed by atoms with Crippen molar-refractivity contribution in [1.82, 2.24) is 25.2 Å². The zero-order chi connectivity index (χ0) is 15.6. The summed E-state index contributed by atoms with van der Waals surface area (Å²) in [6.07, 6.45) is 3.82. The summed E-state index contributed by atoms with van der Waals surface area (Å²) in [6.45, 7) is 8.04. The maximum absolute atomic E-state index is 12.3. The maximum atomic E-state index is 12.3. The molecule has 0 aliphatic carbocycles. The molecule has 0 aliphatic heterocycles. The normalized spacial score (nSPS) is 13.4. The Morgan fingerprint density at radius 3 is 2.76 bits per heavy atom. The van der Waals surface area contributed by atoms with Crippen LogP contribution in [0.3, 0.4) is 0 Å². The number of carbonyl (C=O) groups excluding carboxylic acids is 1. The van der Waals surface area contributed by atoms with E-state index in [4.69, 9.17) is 4.52 Å². The van der Waals surface area contributed by atoms with Crippen molar-refractivity contribution in [3.05, 3.63) is 29.7 Å². The molecule has 0 radical (unpaired) electrons. The zero-order valence-corrected chi connectivity index (χ0v) is 13.0. The topological polar surface area (TPSA) is 85.8 Å². The molecule has 1 N–H and O–H groups in total. The summed E-state index contributed by atoms with van der Waals surface area (Å²) in [7, 11) is 1.86. The second-order valence-corrected chi connectivity index (χ2v) is 6.08. The molecule has 0 amide bonds. The van der Waals surface area contributed by atoms with E-state index >= 15 is 0 Å². The molecule has 0 saturated carbocycles. The number of rotatable bonds is 5. The molecule has 7 heteroatoms. The van der Waals surface area contributed by atoms with Crippen LogP contribution in [0.25, 0.3) is 0 Å². The van der Waals surface area contributed by atoms with E-state index in [0.717, 1.165) is 0 Å². The van der Waals surface area contributed by atoms with Gasteiger partial charge in [0.15, 0.2) is 5.82 Å². The monoisotopic (exact) mass is 291 g/mol. The molecule has 2 aromatic heterocycles. The number of aromatic nitrogens is 4. The van der Waals surface area contributed by atoms with E-state index in [2.05, 4.69) is 20.6 Å². The van der Waals surface area contributed by atoms with Gasteiger partial charge in [0.2, 0.25) is 0 Å². The van der Waals surface area contributed by atoms with E-state index in [-0.39, 0.29) is 23.3 Å². The molecular weight excluding hydrogens is 270 g/mol. The average molecular weight is 291 g/mol. The fourth-order valence-electron chi connectivity index (χ4n) is 1.74. The van der Waals surface area contributed by atoms with Crippen LogP contribution >= 0.6 is 0 Å². The van der Waals surface area contributed by atoms with E-state index in [0.29, 0.717) is 17.8 Å². The molecule has 0 aromatic carbocycles. The summed E-state index contributed by atoms with van der Waals surface area (Å²) in [5.74, 6) is 0.214. The van der Waals surface area contributed by atoms with Gasteiger partial charge in [0.05, 0.1) is 17.3 Å². The van der Waals surface area contributed by atoms with Crippen LogP contribution in [0.5, 0.6) is 0 Å². The Hall–Kier alpha value is -2.02. The zero-order valence-electron chi connectivity index (χ0n) is 13.0. The molecule has 2 aromatic rings. The van der Waals surface area contributed by atoms with Crippen LogP contribution < -0.4 is 5.32 Å². The van der Waals surface area contributed by atoms with Gasteiger partial charge < -0.3 is 9.84 Å². The first kappa shape index (κ1) is 15.4. The van der Waals surface area contributed by atoms with Crippen LogP contribution in [0.2, 0.25) is 0 Å². The van der Waals surface area contributed by atoms with Gasteiger partial charge in [-0.2, -0.15) is 10.1 Å². The summed E-state index contributed by atoms with van der Waals surface area (Å²) in [5, 5.41) is 11.1. The Morgan fingerprint density at radius 1 is 1.48 bits per heavy atom. The van der Waals surface area contributed by atoms with Crippen molar-refractivity contribution in [2.24, 2.45) is 0 Å². The van der Waals surface area contributed by atoms with Gasteiger partial charge in [-0.15, -0.1) is 0 Å². The van der Waals surface area contributed by atoms with Crippen LogP contribution in [-0.4, -0.2) is 38.8 Å². The van der Waals surface area contributed by atoms with Gasteiger partial charge in [-0.05, 0) is 34.7 Å². The number of hydrogen-bond acceptors (Lipinski definition) is 6. The van der Waals surface area contributed by atoms with Crippen molar-refractivity contribution < 1.29 is 9.32 Å². The van der Waals surface area contributed by atoms with Gasteiger partial charge in [0.25, 0.3) is 11.7 Å². The predicted molar refractivity (Wildman–Crippen MR) is 77.2 cm³/mol. The molecule has 21 heavy (non-hydrogen) atoms. The summed E-state index contributed by atoms with van der Waals surface area (Å²) >= 11 is 0. The number of nitrogens with one attached hydrogen (secondary N) is 1. The molecule has 0 bridgehead atoms. The summed E-state index contributed by atoms with van der Waals surface area (Å²) in [6, 6.07) is 0.217. The van der Waals surface area contributed by atoms with E-state index in [1.807, 2.05) is 34.7 Å². The van der Waals surface area contributed by atoms with Gasteiger partial charge in [0, 0.05) is 18.7 Å². The first-order valence-corrected chi connectivity index (χ1v) is 6.91. The molecule has 0 aliphatic rings. The maximum Gasteiger partial charge on any atom is 0.299 e. The quantitative estimate of drug-likeness (QED) is 0.838. The minimum Gasteiger partial charge on any atom is -0.330 e. The largest absolute Gasteiger partial charge is 0.330 e. The third kappa shape index (κ3) is 3.55. The molecule has 2 rings (SSSR count). The Kier molecular flexibility index (Phi) is 4.22. The van der Waals surface area contributed by atoms with Gasteiger partial charge in [-0.1, -0.05) is 5.16 Å². The number of hydrogen-bond donors (Lipinski definition) is 1. The van der Waals surface area contributed by atoms with E-state index in [1.165, 1.54) is 6.20 Å². The second-order valence-electron chi connectivity index (χ2n) is 6.08. The van der Waals surface area contributed by atoms with Crippen LogP contribution in [0.4, 0.5) is 0 Å². The Labute approximate surface area is 123 Å². The molecule has 1 atom stereocenters. The highest BCUT2D eigenvalue weighted by molar-refractivity contribution is 6.05. The van der Waals surface area contributed by atoms with E-state index in [1.54, 1.807) is 10.9 Å². The molecule has 0 saturated heterocycles. The SMILES string of the molecule is CNC(C)Cc1noc(C(=O)c2cnn(C(C)(C)C)c2)n1. The number of likely N-dealkylation sites (N-methyl/N-ethyl adjacent to an activating group) is 1. The molecule has 1 unspecified atom stereocenters. The third-order valence-corrected chi connectivity index (χ3v) is 3.18. The van der Waals surface area contributed by atoms with Crippen molar-refractivity contribution in [2.45, 2.75) is 45.7 Å². The van der Waals surface area contributed by atoms with Crippen molar-refractivity contribution in [3.63, 3.8) is 0 Å². The first-order valence-electron chi connectivity index (χ1n) is 6.91. The minimum absolute atomic E-state index is 0.00163. The Morgan fingerprint density at radius 2 is 2.19 bits per heavy atom. The van der Waals surface area contributed by atoms with Crippen molar-refractivity contribution in [1.29, 1.82) is 0 Å². The van der Waals surface area contributed by atoms with Crippen LogP contribution in [0.15, 0.2) is 16.9 Å². The lowest BCUT2D eigenvalue weighted by atomic mass is 10.1. The van der Waals surface area contributed by atoms with Gasteiger partial charge in [-0.3, -0.25) is 9.48 Å². The fourth-order valence-corrected chi connectivity index (χ4v) is 1.74. The average Bonchev–Trinajstić information content (AvgIpc) is 3.06. The number of ketones is 1. The van der Waals surface area contributed by atoms with Gasteiger partial charge >= 0.3 is 0 Å². The summed E-state index contributed by atoms with van der Waals surface area (Å²) in [5.41, 5.74) is 0.266. The summed E-state index contributed by atoms with van der Waals surface area (Å²) in [4.78, 5) is 16.4. The van der Waals surface area contributed by atoms with Crippen LogP contribution in [-0.2, 0) is 12.0 Å². The van der Waals surface area contributed by atoms with Crippen LogP contribution in [0, 0.1) is 0 Å². The molecule has 114 valence electrons. The minimum atomic E-state index is -0.304. The molecule has 7 nitrogen and oxygen atoms in total. The highest BCUT2D eigenvalue weighted by Crippen LogP contribution is 2.15. The van der Waals surface area contributed by atoms with Crippen molar-refractivity contribution in [2.75, 3.05) is 7.05 Å². The number of carbonyl (C=O) groups is 1. The highest BCUT2D eigenvalue weighted by Gasteiger charge is 2.22. The van der Waals surface area contributed by atoms with Gasteiger partial charge in [0.1, 0.15) is 0 Å². The number of nitrogens with zero attached hydrogens (tertiary/aromatic N) is 4. The lowest BCUT2D eigenvalue weighted by Gasteiger charge is -2.18. The fraction of sp³-hybridized carbons (Fsp3) is 0.571. The molecule has 0 fully saturated rings. The second kappa shape index (κ2) is 5.77. The van der Waals surface area contributed by atoms with Gasteiger partial charge in [-0.25, -0.2) is 0 Å². The van der Waals surface area contributed by atoms with Crippen molar-refractivity contribution in [3.8, 4) is 0 Å². The smallest absolute Gasteiger partial charge is 0.299 e. The molecule has 2 heterocycles. The standard InChI is InChI=1S/C14H21N5O2/c1-9(15-5)6-11-17-13(21-18-11)12(20)10-7-16-19(8-10)14(2,3)4/h7-9,15H,6H2,1-5H3. The van der Waals surface area contributed by atoms with E-state index < -0.39 is 0 Å². The Bertz CT molecular complexity index is 623. The molecular formula is C14H21N5O2. The highest BCUT2D eigenvalue weighted by atomic mass is 16.5. The third-order valence-electron chi connectivity index (χ3n) is 3.18. The molecule has 0 spiro atoms. The summed E-state index contributed by atoms with van der Waals surface area (Å²) < 4.78 is 6.78. The first-order chi connectivity index (χ1) is 9.81. The van der Waals surface area contributed by atoms with Crippen molar-refractivity contribution >= 4 is 5.78 Å². The van der Waals surface area contributed by atoms with Crippen LogP contribution in [0.1, 0.15) is 49.8 Å². The lowest BCUT2D eigenvalue weighted by molar-refractivity contribution is 0.0994. The lowest BCUT2D eigenvalue weighted by Crippen LogP contribution is -2.24. The van der Waals surface area contributed by atoms with E-state index in [9.17, 15) is 4.79 Å².